The normalized spacial score (nSPS) is 23.0. The van der Waals surface area contributed by atoms with Crippen LogP contribution in [0.25, 0.3) is 0 Å². The Kier molecular flexibility index (Phi) is 8.03. The van der Waals surface area contributed by atoms with Gasteiger partial charge in [-0.3, -0.25) is 5.32 Å². The van der Waals surface area contributed by atoms with Crippen molar-refractivity contribution in [1.82, 2.24) is 10.2 Å². The Morgan fingerprint density at radius 3 is 2.04 bits per heavy atom. The Balaban J connectivity index is 3.13. The first-order valence-electron chi connectivity index (χ1n) is 9.13. The van der Waals surface area contributed by atoms with Gasteiger partial charge in [-0.25, -0.2) is 9.59 Å². The van der Waals surface area contributed by atoms with Crippen LogP contribution in [0.2, 0.25) is 0 Å². The van der Waals surface area contributed by atoms with Crippen LogP contribution in [0, 0.1) is 5.92 Å². The van der Waals surface area contributed by atoms with Crippen LogP contribution in [-0.2, 0) is 19.1 Å². The van der Waals surface area contributed by atoms with Crippen LogP contribution in [0.5, 0.6) is 0 Å². The third-order valence-corrected chi connectivity index (χ3v) is 4.72. The van der Waals surface area contributed by atoms with E-state index >= 15 is 0 Å². The molecular weight excluding hydrogens is 332 g/mol. The predicted octanol–water partition coefficient (Wildman–Crippen LogP) is 2.65. The second-order valence-electron chi connectivity index (χ2n) is 8.17. The lowest BCUT2D eigenvalue weighted by atomic mass is 9.78. The molecule has 1 saturated carbocycles. The van der Waals surface area contributed by atoms with Gasteiger partial charge in [-0.05, 0) is 60.5 Å². The third-order valence-electron chi connectivity index (χ3n) is 4.72. The summed E-state index contributed by atoms with van der Waals surface area (Å²) in [6.07, 6.45) is 5.96. The zero-order valence-electron chi connectivity index (χ0n) is 16.8. The maximum Gasteiger partial charge on any atom is 0.332 e. The van der Waals surface area contributed by atoms with Gasteiger partial charge in [0.1, 0.15) is 6.61 Å². The first-order valence-corrected chi connectivity index (χ1v) is 9.13. The molecule has 0 bridgehead atoms. The second-order valence-corrected chi connectivity index (χ2v) is 8.17. The van der Waals surface area contributed by atoms with Gasteiger partial charge in [0.15, 0.2) is 0 Å². The average molecular weight is 367 g/mol. The number of nitrogens with zero attached hydrogens (tertiary/aromatic N) is 1. The number of nitrogens with one attached hydrogen (secondary N) is 1. The Labute approximate surface area is 157 Å². The van der Waals surface area contributed by atoms with Gasteiger partial charge in [-0.15, -0.1) is 0 Å². The fourth-order valence-electron chi connectivity index (χ4n) is 3.55. The molecule has 0 heterocycles. The Morgan fingerprint density at radius 2 is 1.62 bits per heavy atom. The molecule has 0 spiro atoms. The molecule has 0 amide bonds. The van der Waals surface area contributed by atoms with E-state index in [-0.39, 0.29) is 18.1 Å². The SMILES string of the molecule is C=CC(=O)OCC(NC(C)(C)C)(OC(=O)C=C)C1CCC(N(C)C)CC1. The van der Waals surface area contributed by atoms with Gasteiger partial charge in [0, 0.05) is 29.7 Å². The molecule has 0 aromatic rings. The quantitative estimate of drug-likeness (QED) is 0.405. The largest absolute Gasteiger partial charge is 0.457 e. The van der Waals surface area contributed by atoms with E-state index in [1.165, 1.54) is 0 Å². The molecule has 1 fully saturated rings. The summed E-state index contributed by atoms with van der Waals surface area (Å²) >= 11 is 0. The molecule has 1 rings (SSSR count). The number of hydrogen-bond acceptors (Lipinski definition) is 6. The van der Waals surface area contributed by atoms with Gasteiger partial charge in [-0.1, -0.05) is 13.2 Å². The minimum atomic E-state index is -1.10. The van der Waals surface area contributed by atoms with E-state index in [2.05, 4.69) is 37.5 Å². The van der Waals surface area contributed by atoms with Crippen molar-refractivity contribution < 1.29 is 19.1 Å². The van der Waals surface area contributed by atoms with Crippen molar-refractivity contribution in [3.05, 3.63) is 25.3 Å². The molecule has 1 unspecified atom stereocenters. The highest BCUT2D eigenvalue weighted by Crippen LogP contribution is 2.37. The summed E-state index contributed by atoms with van der Waals surface area (Å²) in [5.41, 5.74) is -1.44. The van der Waals surface area contributed by atoms with Gasteiger partial charge in [0.2, 0.25) is 5.72 Å². The molecule has 26 heavy (non-hydrogen) atoms. The van der Waals surface area contributed by atoms with E-state index < -0.39 is 17.7 Å². The fraction of sp³-hybridized carbons (Fsp3) is 0.700. The molecule has 0 saturated heterocycles. The van der Waals surface area contributed by atoms with E-state index in [0.29, 0.717) is 6.04 Å². The average Bonchev–Trinajstić information content (AvgIpc) is 2.57. The zero-order chi connectivity index (χ0) is 20.0. The predicted molar refractivity (Wildman–Crippen MR) is 102 cm³/mol. The van der Waals surface area contributed by atoms with E-state index in [0.717, 1.165) is 37.8 Å². The molecule has 0 aromatic heterocycles. The van der Waals surface area contributed by atoms with Crippen LogP contribution >= 0.6 is 0 Å². The zero-order valence-corrected chi connectivity index (χ0v) is 16.8. The van der Waals surface area contributed by atoms with Crippen LogP contribution in [0.4, 0.5) is 0 Å². The molecule has 6 heteroatoms. The lowest BCUT2D eigenvalue weighted by molar-refractivity contribution is -0.189. The summed E-state index contributed by atoms with van der Waals surface area (Å²) in [5.74, 6) is -1.05. The van der Waals surface area contributed by atoms with E-state index in [1.807, 2.05) is 20.8 Å². The number of ether oxygens (including phenoxy) is 2. The second kappa shape index (κ2) is 9.33. The summed E-state index contributed by atoms with van der Waals surface area (Å²) in [6.45, 7) is 12.8. The maximum absolute atomic E-state index is 12.1. The highest BCUT2D eigenvalue weighted by atomic mass is 16.6. The number of rotatable bonds is 8. The summed E-state index contributed by atoms with van der Waals surface area (Å²) in [7, 11) is 4.16. The first kappa shape index (κ1) is 22.4. The van der Waals surface area contributed by atoms with Crippen molar-refractivity contribution in [1.29, 1.82) is 0 Å². The van der Waals surface area contributed by atoms with E-state index in [4.69, 9.17) is 9.47 Å². The molecule has 0 aliphatic heterocycles. The van der Waals surface area contributed by atoms with Crippen LogP contribution in [0.3, 0.4) is 0 Å². The van der Waals surface area contributed by atoms with Gasteiger partial charge in [0.05, 0.1) is 0 Å². The van der Waals surface area contributed by atoms with E-state index in [9.17, 15) is 9.59 Å². The monoisotopic (exact) mass is 366 g/mol. The molecule has 0 aromatic carbocycles. The van der Waals surface area contributed by atoms with Crippen LogP contribution in [0.15, 0.2) is 25.3 Å². The molecule has 0 radical (unpaired) electrons. The summed E-state index contributed by atoms with van der Waals surface area (Å²) < 4.78 is 11.1. The Morgan fingerprint density at radius 1 is 1.08 bits per heavy atom. The van der Waals surface area contributed by atoms with Crippen LogP contribution < -0.4 is 5.32 Å². The van der Waals surface area contributed by atoms with Gasteiger partial charge in [-0.2, -0.15) is 0 Å². The number of carbonyl (C=O) groups excluding carboxylic acids is 2. The fourth-order valence-corrected chi connectivity index (χ4v) is 3.55. The number of carbonyl (C=O) groups is 2. The minimum absolute atomic E-state index is 0.0273. The van der Waals surface area contributed by atoms with Gasteiger partial charge in [0.25, 0.3) is 0 Å². The van der Waals surface area contributed by atoms with Crippen LogP contribution in [0.1, 0.15) is 46.5 Å². The maximum atomic E-state index is 12.1. The molecule has 6 nitrogen and oxygen atoms in total. The van der Waals surface area contributed by atoms with Crippen molar-refractivity contribution in [2.45, 2.75) is 63.8 Å². The highest BCUT2D eigenvalue weighted by molar-refractivity contribution is 5.82. The summed E-state index contributed by atoms with van der Waals surface area (Å²) in [5, 5.41) is 3.41. The summed E-state index contributed by atoms with van der Waals surface area (Å²) in [6, 6.07) is 0.504. The van der Waals surface area contributed by atoms with Crippen LogP contribution in [-0.4, -0.2) is 54.8 Å². The van der Waals surface area contributed by atoms with E-state index in [1.54, 1.807) is 0 Å². The Bertz CT molecular complexity index is 516. The van der Waals surface area contributed by atoms with Crippen molar-refractivity contribution in [3.8, 4) is 0 Å². The lowest BCUT2D eigenvalue weighted by Crippen LogP contribution is -2.64. The first-order chi connectivity index (χ1) is 12.0. The molecule has 1 aliphatic rings. The van der Waals surface area contributed by atoms with Crippen molar-refractivity contribution in [3.63, 3.8) is 0 Å². The minimum Gasteiger partial charge on any atom is -0.457 e. The van der Waals surface area contributed by atoms with Gasteiger partial charge < -0.3 is 14.4 Å². The summed E-state index contributed by atoms with van der Waals surface area (Å²) in [4.78, 5) is 26.0. The molecule has 148 valence electrons. The van der Waals surface area contributed by atoms with Gasteiger partial charge >= 0.3 is 11.9 Å². The standard InChI is InChI=1S/C20H34N2O4/c1-8-17(23)25-14-20(21-19(3,4)5,26-18(24)9-2)15-10-12-16(13-11-15)22(6)7/h8-9,15-16,21H,1-2,10-14H2,3-7H3. The topological polar surface area (TPSA) is 67.9 Å². The van der Waals surface area contributed by atoms with Crippen molar-refractivity contribution in [2.24, 2.45) is 5.92 Å². The Hall–Kier alpha value is -1.66. The third kappa shape index (κ3) is 6.57. The van der Waals surface area contributed by atoms with Crippen molar-refractivity contribution >= 4 is 11.9 Å². The highest BCUT2D eigenvalue weighted by Gasteiger charge is 2.47. The molecular formula is C20H34N2O4. The number of hydrogen-bond donors (Lipinski definition) is 1. The molecule has 1 aliphatic carbocycles. The molecule has 1 N–H and O–H groups in total. The lowest BCUT2D eigenvalue weighted by Gasteiger charge is -2.46. The molecule has 1 atom stereocenters. The van der Waals surface area contributed by atoms with Crippen molar-refractivity contribution in [2.75, 3.05) is 20.7 Å². The smallest absolute Gasteiger partial charge is 0.332 e. The number of esters is 2.